The lowest BCUT2D eigenvalue weighted by Gasteiger charge is -2.16. The van der Waals surface area contributed by atoms with Gasteiger partial charge in [0.2, 0.25) is 0 Å². The van der Waals surface area contributed by atoms with E-state index in [4.69, 9.17) is 4.42 Å². The van der Waals surface area contributed by atoms with E-state index in [-0.39, 0.29) is 11.6 Å². The Hall–Kier alpha value is -1.69. The molecule has 0 saturated carbocycles. The summed E-state index contributed by atoms with van der Waals surface area (Å²) in [6, 6.07) is 3.56. The van der Waals surface area contributed by atoms with Crippen LogP contribution in [0.3, 0.4) is 0 Å². The van der Waals surface area contributed by atoms with Gasteiger partial charge in [0.1, 0.15) is 10.9 Å². The summed E-state index contributed by atoms with van der Waals surface area (Å²) >= 11 is 3.29. The number of halogens is 1. The van der Waals surface area contributed by atoms with Crippen molar-refractivity contribution < 1.29 is 9.21 Å². The highest BCUT2D eigenvalue weighted by molar-refractivity contribution is 9.10. The van der Waals surface area contributed by atoms with Crippen molar-refractivity contribution in [3.05, 3.63) is 40.8 Å². The van der Waals surface area contributed by atoms with Gasteiger partial charge < -0.3 is 9.32 Å². The van der Waals surface area contributed by atoms with Gasteiger partial charge in [-0.15, -0.1) is 0 Å². The van der Waals surface area contributed by atoms with Gasteiger partial charge in [0.05, 0.1) is 5.69 Å². The molecule has 2 aromatic heterocycles. The highest BCUT2D eigenvalue weighted by Gasteiger charge is 2.18. The molecule has 0 fully saturated rings. The number of hydrogen-bond donors (Lipinski definition) is 0. The molecule has 0 aliphatic rings. The van der Waals surface area contributed by atoms with E-state index in [0.29, 0.717) is 16.2 Å². The van der Waals surface area contributed by atoms with Crippen molar-refractivity contribution in [1.82, 2.24) is 9.97 Å². The standard InChI is InChI=1S/C11H10BrN3O2/c1-7-14-8(6-17-7)11(16)15(2)9-4-3-5-13-10(9)12/h3-6H,1-2H3. The van der Waals surface area contributed by atoms with Crippen LogP contribution in [-0.4, -0.2) is 22.9 Å². The molecule has 1 amide bonds. The molecule has 0 radical (unpaired) electrons. The molecule has 0 aromatic carbocycles. The first-order valence-electron chi connectivity index (χ1n) is 4.90. The van der Waals surface area contributed by atoms with Gasteiger partial charge in [-0.2, -0.15) is 0 Å². The lowest BCUT2D eigenvalue weighted by atomic mass is 10.3. The Balaban J connectivity index is 2.29. The summed E-state index contributed by atoms with van der Waals surface area (Å²) in [5, 5.41) is 0. The van der Waals surface area contributed by atoms with E-state index in [0.717, 1.165) is 0 Å². The summed E-state index contributed by atoms with van der Waals surface area (Å²) in [6.07, 6.45) is 2.99. The van der Waals surface area contributed by atoms with Crippen molar-refractivity contribution in [3.8, 4) is 0 Å². The van der Waals surface area contributed by atoms with E-state index in [9.17, 15) is 4.79 Å². The quantitative estimate of drug-likeness (QED) is 0.799. The van der Waals surface area contributed by atoms with Crippen molar-refractivity contribution in [2.45, 2.75) is 6.92 Å². The zero-order valence-corrected chi connectivity index (χ0v) is 10.9. The summed E-state index contributed by atoms with van der Waals surface area (Å²) in [5.41, 5.74) is 0.957. The van der Waals surface area contributed by atoms with Gasteiger partial charge >= 0.3 is 0 Å². The van der Waals surface area contributed by atoms with Crippen molar-refractivity contribution >= 4 is 27.5 Å². The second kappa shape index (κ2) is 4.67. The second-order valence-corrected chi connectivity index (χ2v) is 4.18. The van der Waals surface area contributed by atoms with E-state index in [1.165, 1.54) is 11.2 Å². The van der Waals surface area contributed by atoms with Crippen molar-refractivity contribution in [2.24, 2.45) is 0 Å². The molecule has 0 atom stereocenters. The first-order chi connectivity index (χ1) is 8.09. The van der Waals surface area contributed by atoms with Crippen LogP contribution >= 0.6 is 15.9 Å². The Morgan fingerprint density at radius 1 is 1.53 bits per heavy atom. The van der Waals surface area contributed by atoms with Crippen LogP contribution < -0.4 is 4.90 Å². The molecule has 6 heteroatoms. The second-order valence-electron chi connectivity index (χ2n) is 3.43. The number of carbonyl (C=O) groups is 1. The minimum atomic E-state index is -0.240. The molecule has 2 aromatic rings. The molecule has 0 spiro atoms. The largest absolute Gasteiger partial charge is 0.448 e. The Labute approximate surface area is 107 Å². The third kappa shape index (κ3) is 2.36. The molecule has 0 saturated heterocycles. The normalized spacial score (nSPS) is 10.3. The SMILES string of the molecule is Cc1nc(C(=O)N(C)c2cccnc2Br)co1. The first kappa shape index (κ1) is 11.8. The van der Waals surface area contributed by atoms with Gasteiger partial charge in [-0.3, -0.25) is 4.79 Å². The Morgan fingerprint density at radius 3 is 2.88 bits per heavy atom. The van der Waals surface area contributed by atoms with Gasteiger partial charge in [0.15, 0.2) is 11.6 Å². The van der Waals surface area contributed by atoms with Crippen LogP contribution in [0.15, 0.2) is 33.6 Å². The minimum absolute atomic E-state index is 0.240. The Morgan fingerprint density at radius 2 is 2.29 bits per heavy atom. The summed E-state index contributed by atoms with van der Waals surface area (Å²) in [7, 11) is 1.66. The molecule has 0 bridgehead atoms. The van der Waals surface area contributed by atoms with Crippen LogP contribution in [0.2, 0.25) is 0 Å². The average molecular weight is 296 g/mol. The monoisotopic (exact) mass is 295 g/mol. The lowest BCUT2D eigenvalue weighted by Crippen LogP contribution is -2.27. The smallest absolute Gasteiger partial charge is 0.280 e. The zero-order chi connectivity index (χ0) is 12.4. The predicted molar refractivity (Wildman–Crippen MR) is 65.9 cm³/mol. The van der Waals surface area contributed by atoms with Crippen LogP contribution in [0.4, 0.5) is 5.69 Å². The number of nitrogens with zero attached hydrogens (tertiary/aromatic N) is 3. The average Bonchev–Trinajstić information content (AvgIpc) is 2.75. The summed E-state index contributed by atoms with van der Waals surface area (Å²) in [5.74, 6) is 0.225. The molecule has 0 N–H and O–H groups in total. The van der Waals surface area contributed by atoms with E-state index in [1.54, 1.807) is 32.3 Å². The molecule has 5 nitrogen and oxygen atoms in total. The maximum atomic E-state index is 12.1. The van der Waals surface area contributed by atoms with E-state index < -0.39 is 0 Å². The number of aryl methyl sites for hydroxylation is 1. The fraction of sp³-hybridized carbons (Fsp3) is 0.182. The number of oxazole rings is 1. The predicted octanol–water partition coefficient (Wildman–Crippen LogP) is 2.42. The zero-order valence-electron chi connectivity index (χ0n) is 9.35. The Bertz CT molecular complexity index is 553. The molecule has 0 aliphatic heterocycles. The first-order valence-corrected chi connectivity index (χ1v) is 5.69. The molecular formula is C11H10BrN3O2. The number of hydrogen-bond acceptors (Lipinski definition) is 4. The molecule has 2 heterocycles. The fourth-order valence-corrected chi connectivity index (χ4v) is 1.89. The number of anilines is 1. The maximum absolute atomic E-state index is 12.1. The van der Waals surface area contributed by atoms with Crippen LogP contribution in [0.25, 0.3) is 0 Å². The topological polar surface area (TPSA) is 59.2 Å². The summed E-state index contributed by atoms with van der Waals surface area (Å²) in [6.45, 7) is 1.69. The van der Waals surface area contributed by atoms with E-state index in [2.05, 4.69) is 25.9 Å². The van der Waals surface area contributed by atoms with Crippen molar-refractivity contribution in [3.63, 3.8) is 0 Å². The summed E-state index contributed by atoms with van der Waals surface area (Å²) < 4.78 is 5.62. The van der Waals surface area contributed by atoms with Gasteiger partial charge in [-0.05, 0) is 28.1 Å². The van der Waals surface area contributed by atoms with Crippen molar-refractivity contribution in [2.75, 3.05) is 11.9 Å². The number of amides is 1. The van der Waals surface area contributed by atoms with Gasteiger partial charge in [0, 0.05) is 20.2 Å². The van der Waals surface area contributed by atoms with Crippen LogP contribution in [0, 0.1) is 6.92 Å². The van der Waals surface area contributed by atoms with Crippen molar-refractivity contribution in [1.29, 1.82) is 0 Å². The van der Waals surface area contributed by atoms with Gasteiger partial charge in [0.25, 0.3) is 5.91 Å². The van der Waals surface area contributed by atoms with Gasteiger partial charge in [-0.25, -0.2) is 9.97 Å². The molecule has 0 unspecified atom stereocenters. The highest BCUT2D eigenvalue weighted by atomic mass is 79.9. The molecule has 0 aliphatic carbocycles. The summed E-state index contributed by atoms with van der Waals surface area (Å²) in [4.78, 5) is 21.6. The lowest BCUT2D eigenvalue weighted by molar-refractivity contribution is 0.0988. The minimum Gasteiger partial charge on any atom is -0.448 e. The van der Waals surface area contributed by atoms with Gasteiger partial charge in [-0.1, -0.05) is 0 Å². The third-order valence-electron chi connectivity index (χ3n) is 2.24. The molecule has 17 heavy (non-hydrogen) atoms. The Kier molecular flexibility index (Phi) is 3.23. The van der Waals surface area contributed by atoms with E-state index in [1.807, 2.05) is 0 Å². The molecule has 2 rings (SSSR count). The number of carbonyl (C=O) groups excluding carboxylic acids is 1. The van der Waals surface area contributed by atoms with Crippen LogP contribution in [-0.2, 0) is 0 Å². The maximum Gasteiger partial charge on any atom is 0.280 e. The number of rotatable bonds is 2. The van der Waals surface area contributed by atoms with Crippen LogP contribution in [0.1, 0.15) is 16.4 Å². The molecular weight excluding hydrogens is 286 g/mol. The van der Waals surface area contributed by atoms with E-state index >= 15 is 0 Å². The molecule has 88 valence electrons. The fourth-order valence-electron chi connectivity index (χ4n) is 1.37. The highest BCUT2D eigenvalue weighted by Crippen LogP contribution is 2.23. The number of pyridine rings is 1. The van der Waals surface area contributed by atoms with Crippen LogP contribution in [0.5, 0.6) is 0 Å². The number of aromatic nitrogens is 2. The third-order valence-corrected chi connectivity index (χ3v) is 2.85.